The zero-order chi connectivity index (χ0) is 16.2. The fourth-order valence-corrected chi connectivity index (χ4v) is 2.35. The molecule has 1 aromatic carbocycles. The Morgan fingerprint density at radius 1 is 1.27 bits per heavy atom. The average molecular weight is 299 g/mol. The predicted octanol–water partition coefficient (Wildman–Crippen LogP) is 4.24. The van der Waals surface area contributed by atoms with Crippen LogP contribution in [0.3, 0.4) is 0 Å². The lowest BCUT2D eigenvalue weighted by Crippen LogP contribution is -2.31. The summed E-state index contributed by atoms with van der Waals surface area (Å²) in [5, 5.41) is 7.49. The summed E-state index contributed by atoms with van der Waals surface area (Å²) in [6.07, 6.45) is 3.04. The highest BCUT2D eigenvalue weighted by atomic mass is 16.2. The summed E-state index contributed by atoms with van der Waals surface area (Å²) >= 11 is 0. The Bertz CT molecular complexity index is 629. The molecule has 0 radical (unpaired) electrons. The molecule has 0 saturated heterocycles. The van der Waals surface area contributed by atoms with Crippen LogP contribution in [-0.2, 0) is 11.8 Å². The van der Waals surface area contributed by atoms with Crippen molar-refractivity contribution in [2.45, 2.75) is 40.0 Å². The molecule has 0 aliphatic rings. The maximum atomic E-state index is 12.5. The van der Waals surface area contributed by atoms with Crippen molar-refractivity contribution >= 4 is 11.7 Å². The second-order valence-electron chi connectivity index (χ2n) is 6.35. The Hall–Kier alpha value is -2.10. The molecule has 4 nitrogen and oxygen atoms in total. The van der Waals surface area contributed by atoms with E-state index in [-0.39, 0.29) is 11.3 Å². The maximum Gasteiger partial charge on any atom is 0.231 e. The fourth-order valence-electron chi connectivity index (χ4n) is 2.35. The van der Waals surface area contributed by atoms with Gasteiger partial charge in [0.15, 0.2) is 0 Å². The van der Waals surface area contributed by atoms with Crippen molar-refractivity contribution in [2.24, 2.45) is 12.5 Å². The Balaban J connectivity index is 2.14. The molecular weight excluding hydrogens is 274 g/mol. The third kappa shape index (κ3) is 3.75. The summed E-state index contributed by atoms with van der Waals surface area (Å²) in [6.45, 7) is 6.13. The van der Waals surface area contributed by atoms with Crippen LogP contribution >= 0.6 is 0 Å². The number of benzene rings is 1. The van der Waals surface area contributed by atoms with Gasteiger partial charge < -0.3 is 5.32 Å². The van der Waals surface area contributed by atoms with E-state index in [9.17, 15) is 4.79 Å². The molecule has 1 aromatic heterocycles. The lowest BCUT2D eigenvalue weighted by molar-refractivity contribution is -0.124. The van der Waals surface area contributed by atoms with Gasteiger partial charge in [0.1, 0.15) is 5.82 Å². The zero-order valence-corrected chi connectivity index (χ0v) is 13.9. The number of carbonyl (C=O) groups is 1. The number of amides is 1. The number of hydrogen-bond acceptors (Lipinski definition) is 2. The van der Waals surface area contributed by atoms with Gasteiger partial charge in [-0.3, -0.25) is 9.48 Å². The molecule has 2 rings (SSSR count). The minimum Gasteiger partial charge on any atom is -0.310 e. The van der Waals surface area contributed by atoms with Crippen molar-refractivity contribution in [1.29, 1.82) is 0 Å². The van der Waals surface area contributed by atoms with Crippen LogP contribution in [0.25, 0.3) is 11.3 Å². The van der Waals surface area contributed by atoms with Crippen LogP contribution in [0.4, 0.5) is 5.82 Å². The molecule has 0 fully saturated rings. The van der Waals surface area contributed by atoms with Crippen LogP contribution in [0.1, 0.15) is 40.0 Å². The van der Waals surface area contributed by atoms with E-state index in [2.05, 4.69) is 17.3 Å². The fraction of sp³-hybridized carbons (Fsp3) is 0.444. The first-order valence-electron chi connectivity index (χ1n) is 7.85. The summed E-state index contributed by atoms with van der Waals surface area (Å²) < 4.78 is 1.72. The molecule has 118 valence electrons. The van der Waals surface area contributed by atoms with Crippen LogP contribution in [-0.4, -0.2) is 15.7 Å². The van der Waals surface area contributed by atoms with E-state index >= 15 is 0 Å². The van der Waals surface area contributed by atoms with Gasteiger partial charge in [0.25, 0.3) is 0 Å². The quantitative estimate of drug-likeness (QED) is 0.867. The highest BCUT2D eigenvalue weighted by Gasteiger charge is 2.27. The minimum atomic E-state index is -0.368. The van der Waals surface area contributed by atoms with E-state index in [1.165, 1.54) is 0 Å². The third-order valence-corrected chi connectivity index (χ3v) is 3.96. The number of nitrogens with zero attached hydrogens (tertiary/aromatic N) is 2. The SMILES string of the molecule is CCCCC(C)(C)C(=O)Nc1cc(-c2ccccc2)nn1C. The molecule has 22 heavy (non-hydrogen) atoms. The van der Waals surface area contributed by atoms with Gasteiger partial charge in [-0.1, -0.05) is 63.9 Å². The first-order chi connectivity index (χ1) is 10.4. The molecule has 1 amide bonds. The monoisotopic (exact) mass is 299 g/mol. The molecule has 0 bridgehead atoms. The summed E-state index contributed by atoms with van der Waals surface area (Å²) in [5.41, 5.74) is 1.54. The predicted molar refractivity (Wildman–Crippen MR) is 90.6 cm³/mol. The van der Waals surface area contributed by atoms with Gasteiger partial charge in [-0.15, -0.1) is 0 Å². The van der Waals surface area contributed by atoms with E-state index in [0.717, 1.165) is 36.3 Å². The van der Waals surface area contributed by atoms with Crippen LogP contribution in [0.15, 0.2) is 36.4 Å². The number of carbonyl (C=O) groups excluding carboxylic acids is 1. The highest BCUT2D eigenvalue weighted by molar-refractivity contribution is 5.94. The van der Waals surface area contributed by atoms with Crippen LogP contribution in [0.5, 0.6) is 0 Å². The summed E-state index contributed by atoms with van der Waals surface area (Å²) in [4.78, 5) is 12.5. The number of anilines is 1. The number of rotatable bonds is 6. The smallest absolute Gasteiger partial charge is 0.231 e. The number of nitrogens with one attached hydrogen (secondary N) is 1. The number of hydrogen-bond donors (Lipinski definition) is 1. The number of aryl methyl sites for hydroxylation is 1. The van der Waals surface area contributed by atoms with Crippen molar-refractivity contribution in [3.05, 3.63) is 36.4 Å². The molecular formula is C18H25N3O. The van der Waals surface area contributed by atoms with Crippen molar-refractivity contribution in [1.82, 2.24) is 9.78 Å². The number of unbranched alkanes of at least 4 members (excludes halogenated alkanes) is 1. The van der Waals surface area contributed by atoms with Gasteiger partial charge >= 0.3 is 0 Å². The third-order valence-electron chi connectivity index (χ3n) is 3.96. The van der Waals surface area contributed by atoms with Crippen molar-refractivity contribution in [2.75, 3.05) is 5.32 Å². The highest BCUT2D eigenvalue weighted by Crippen LogP contribution is 2.27. The minimum absolute atomic E-state index is 0.0450. The molecule has 0 aliphatic heterocycles. The summed E-state index contributed by atoms with van der Waals surface area (Å²) in [5.74, 6) is 0.775. The largest absolute Gasteiger partial charge is 0.310 e. The Morgan fingerprint density at radius 3 is 2.59 bits per heavy atom. The van der Waals surface area contributed by atoms with Crippen LogP contribution in [0.2, 0.25) is 0 Å². The molecule has 1 N–H and O–H groups in total. The van der Waals surface area contributed by atoms with Gasteiger partial charge in [0.2, 0.25) is 5.91 Å². The molecule has 0 unspecified atom stereocenters. The second kappa shape index (κ2) is 6.77. The zero-order valence-electron chi connectivity index (χ0n) is 13.9. The number of aromatic nitrogens is 2. The van der Waals surface area contributed by atoms with Gasteiger partial charge in [0, 0.05) is 24.1 Å². The van der Waals surface area contributed by atoms with Crippen LogP contribution < -0.4 is 5.32 Å². The standard InChI is InChI=1S/C18H25N3O/c1-5-6-12-18(2,3)17(22)19-16-13-15(20-21(16)4)14-10-8-7-9-11-14/h7-11,13H,5-6,12H2,1-4H3,(H,19,22). The van der Waals surface area contributed by atoms with Gasteiger partial charge in [0.05, 0.1) is 5.69 Å². The first-order valence-corrected chi connectivity index (χ1v) is 7.85. The van der Waals surface area contributed by atoms with Crippen LogP contribution in [0, 0.1) is 5.41 Å². The van der Waals surface area contributed by atoms with E-state index in [0.29, 0.717) is 0 Å². The Kier molecular flexibility index (Phi) is 5.01. The summed E-state index contributed by atoms with van der Waals surface area (Å²) in [7, 11) is 1.85. The lowest BCUT2D eigenvalue weighted by Gasteiger charge is -2.23. The van der Waals surface area contributed by atoms with Crippen molar-refractivity contribution in [3.63, 3.8) is 0 Å². The van der Waals surface area contributed by atoms with Gasteiger partial charge in [-0.05, 0) is 6.42 Å². The van der Waals surface area contributed by atoms with Crippen molar-refractivity contribution in [3.8, 4) is 11.3 Å². The van der Waals surface area contributed by atoms with Crippen molar-refractivity contribution < 1.29 is 4.79 Å². The Morgan fingerprint density at radius 2 is 1.95 bits per heavy atom. The van der Waals surface area contributed by atoms with E-state index in [1.807, 2.05) is 57.3 Å². The molecule has 0 aliphatic carbocycles. The Labute approximate surface area is 132 Å². The molecule has 0 spiro atoms. The molecule has 1 heterocycles. The second-order valence-corrected chi connectivity index (χ2v) is 6.35. The average Bonchev–Trinajstić information content (AvgIpc) is 2.87. The van der Waals surface area contributed by atoms with Gasteiger partial charge in [-0.25, -0.2) is 0 Å². The van der Waals surface area contributed by atoms with Gasteiger partial charge in [-0.2, -0.15) is 5.10 Å². The topological polar surface area (TPSA) is 46.9 Å². The lowest BCUT2D eigenvalue weighted by atomic mass is 9.86. The van der Waals surface area contributed by atoms with E-state index in [4.69, 9.17) is 0 Å². The van der Waals surface area contributed by atoms with E-state index in [1.54, 1.807) is 4.68 Å². The molecule has 0 atom stereocenters. The summed E-state index contributed by atoms with van der Waals surface area (Å²) in [6, 6.07) is 11.9. The maximum absolute atomic E-state index is 12.5. The normalized spacial score (nSPS) is 11.5. The molecule has 0 saturated carbocycles. The molecule has 2 aromatic rings. The molecule has 4 heteroatoms. The first kappa shape index (κ1) is 16.3. The van der Waals surface area contributed by atoms with E-state index < -0.39 is 0 Å².